The summed E-state index contributed by atoms with van der Waals surface area (Å²) in [6, 6.07) is 19.3. The number of pyridine rings is 1. The summed E-state index contributed by atoms with van der Waals surface area (Å²) in [7, 11) is 0. The zero-order valence-electron chi connectivity index (χ0n) is 29.0. The van der Waals surface area contributed by atoms with Gasteiger partial charge in [0.2, 0.25) is 0 Å². The van der Waals surface area contributed by atoms with Gasteiger partial charge in [0.1, 0.15) is 29.4 Å². The van der Waals surface area contributed by atoms with Crippen molar-refractivity contribution in [2.75, 3.05) is 46.1 Å². The number of carbonyl (C=O) groups is 1. The molecule has 1 aliphatic rings. The van der Waals surface area contributed by atoms with Crippen molar-refractivity contribution in [1.82, 2.24) is 40.4 Å². The molecule has 0 saturated heterocycles. The van der Waals surface area contributed by atoms with Gasteiger partial charge in [-0.25, -0.2) is 14.2 Å². The Balaban J connectivity index is 0.749. The summed E-state index contributed by atoms with van der Waals surface area (Å²) in [6.07, 6.45) is 8.49. The molecule has 1 aliphatic carbocycles. The Labute approximate surface area is 304 Å². The van der Waals surface area contributed by atoms with Crippen LogP contribution >= 0.6 is 0 Å². The van der Waals surface area contributed by atoms with E-state index in [-0.39, 0.29) is 23.4 Å². The SMILES string of the molecule is O=C(NC1CCCc2c1cnn2-c1ccc(OCCOCCOCCNCCc2cn(-c3cc4ccc(O)cc4oc3=O)nn2)cc1)c1ccccn1. The molecule has 1 amide bonds. The molecule has 0 radical (unpaired) electrons. The van der Waals surface area contributed by atoms with E-state index in [4.69, 9.17) is 18.6 Å². The van der Waals surface area contributed by atoms with E-state index in [0.717, 1.165) is 47.7 Å². The fourth-order valence-corrected chi connectivity index (χ4v) is 6.15. The molecule has 7 rings (SSSR count). The van der Waals surface area contributed by atoms with Crippen LogP contribution in [0, 0.1) is 0 Å². The molecule has 4 aromatic heterocycles. The minimum atomic E-state index is -0.566. The smallest absolute Gasteiger partial charge is 0.362 e. The summed E-state index contributed by atoms with van der Waals surface area (Å²) in [6.45, 7) is 3.65. The van der Waals surface area contributed by atoms with E-state index in [1.54, 1.807) is 42.7 Å². The van der Waals surface area contributed by atoms with Crippen molar-refractivity contribution in [3.8, 4) is 22.9 Å². The van der Waals surface area contributed by atoms with Gasteiger partial charge < -0.3 is 34.4 Å². The minimum Gasteiger partial charge on any atom is -0.508 e. The van der Waals surface area contributed by atoms with Crippen LogP contribution in [0.5, 0.6) is 11.5 Å². The molecule has 3 N–H and O–H groups in total. The summed E-state index contributed by atoms with van der Waals surface area (Å²) in [5, 5.41) is 29.6. The number of phenols is 1. The van der Waals surface area contributed by atoms with Crippen LogP contribution in [0.15, 0.2) is 94.5 Å². The highest BCUT2D eigenvalue weighted by Gasteiger charge is 2.26. The third kappa shape index (κ3) is 8.95. The molecule has 6 aromatic rings. The first-order chi connectivity index (χ1) is 26.0. The number of phenolic OH excluding ortho intramolecular Hbond substituents is 1. The second-order valence-electron chi connectivity index (χ2n) is 12.5. The normalized spacial score (nSPS) is 13.9. The molecule has 15 heteroatoms. The van der Waals surface area contributed by atoms with Crippen molar-refractivity contribution < 1.29 is 28.5 Å². The van der Waals surface area contributed by atoms with E-state index in [2.05, 4.69) is 31.0 Å². The molecule has 1 unspecified atom stereocenters. The standard InChI is InChI=1S/C38H40N8O7/c47-29-10-7-26-22-35(38(49)53-36(26)23-29)45-25-27(43-44-45)13-15-39-16-17-50-18-19-51-20-21-52-30-11-8-28(9-12-30)46-34-6-3-5-32(31(34)24-41-46)42-37(48)33-4-1-2-14-40-33/h1-2,4,7-12,14,22-25,32,39,47H,3,5-6,13,15-21H2,(H,42,48). The average molecular weight is 721 g/mol. The highest BCUT2D eigenvalue weighted by atomic mass is 16.5. The monoisotopic (exact) mass is 720 g/mol. The van der Waals surface area contributed by atoms with Crippen LogP contribution in [0.3, 0.4) is 0 Å². The van der Waals surface area contributed by atoms with Gasteiger partial charge in [0, 0.05) is 48.4 Å². The van der Waals surface area contributed by atoms with Gasteiger partial charge in [-0.3, -0.25) is 9.78 Å². The Hall–Kier alpha value is -5.90. The summed E-state index contributed by atoms with van der Waals surface area (Å²) < 4.78 is 25.8. The third-order valence-corrected chi connectivity index (χ3v) is 8.81. The number of aromatic nitrogens is 6. The van der Waals surface area contributed by atoms with E-state index in [0.29, 0.717) is 69.2 Å². The Morgan fingerprint density at radius 3 is 2.68 bits per heavy atom. The van der Waals surface area contributed by atoms with Gasteiger partial charge >= 0.3 is 5.63 Å². The van der Waals surface area contributed by atoms with Crippen molar-refractivity contribution in [1.29, 1.82) is 0 Å². The Morgan fingerprint density at radius 1 is 0.981 bits per heavy atom. The number of amides is 1. The van der Waals surface area contributed by atoms with E-state index >= 15 is 0 Å². The molecule has 274 valence electrons. The zero-order chi connectivity index (χ0) is 36.4. The number of hydrogen-bond donors (Lipinski definition) is 3. The number of fused-ring (bicyclic) bond motifs is 2. The fraction of sp³-hybridized carbons (Fsp3) is 0.316. The predicted molar refractivity (Wildman–Crippen MR) is 194 cm³/mol. The zero-order valence-corrected chi connectivity index (χ0v) is 29.0. The lowest BCUT2D eigenvalue weighted by Crippen LogP contribution is -2.31. The number of benzene rings is 2. The van der Waals surface area contributed by atoms with Crippen molar-refractivity contribution in [3.63, 3.8) is 0 Å². The van der Waals surface area contributed by atoms with Crippen LogP contribution in [-0.4, -0.2) is 86.9 Å². The van der Waals surface area contributed by atoms with Crippen LogP contribution in [0.4, 0.5) is 0 Å². The summed E-state index contributed by atoms with van der Waals surface area (Å²) in [4.78, 5) is 29.3. The third-order valence-electron chi connectivity index (χ3n) is 8.81. The van der Waals surface area contributed by atoms with Gasteiger partial charge in [-0.05, 0) is 73.9 Å². The highest BCUT2D eigenvalue weighted by molar-refractivity contribution is 5.92. The largest absolute Gasteiger partial charge is 0.508 e. The van der Waals surface area contributed by atoms with Crippen molar-refractivity contribution >= 4 is 16.9 Å². The molecule has 4 heterocycles. The van der Waals surface area contributed by atoms with Crippen molar-refractivity contribution in [2.45, 2.75) is 31.7 Å². The second kappa shape index (κ2) is 17.1. The number of rotatable bonds is 17. The fourth-order valence-electron chi connectivity index (χ4n) is 6.15. The Bertz CT molecular complexity index is 2180. The highest BCUT2D eigenvalue weighted by Crippen LogP contribution is 2.31. The first-order valence-corrected chi connectivity index (χ1v) is 17.6. The molecule has 0 saturated carbocycles. The summed E-state index contributed by atoms with van der Waals surface area (Å²) >= 11 is 0. The molecular weight excluding hydrogens is 680 g/mol. The van der Waals surface area contributed by atoms with Gasteiger partial charge in [0.05, 0.1) is 56.2 Å². The number of nitrogens with one attached hydrogen (secondary N) is 2. The maximum absolute atomic E-state index is 12.7. The van der Waals surface area contributed by atoms with Crippen LogP contribution in [-0.2, 0) is 22.3 Å². The Morgan fingerprint density at radius 2 is 1.83 bits per heavy atom. The van der Waals surface area contributed by atoms with Gasteiger partial charge in [0.15, 0.2) is 5.69 Å². The van der Waals surface area contributed by atoms with E-state index in [1.807, 2.05) is 35.1 Å². The van der Waals surface area contributed by atoms with Gasteiger partial charge in [-0.2, -0.15) is 5.10 Å². The molecule has 0 spiro atoms. The maximum atomic E-state index is 12.7. The average Bonchev–Trinajstić information content (AvgIpc) is 3.84. The molecule has 2 aromatic carbocycles. The van der Waals surface area contributed by atoms with Crippen LogP contribution in [0.2, 0.25) is 0 Å². The molecule has 1 atom stereocenters. The second-order valence-corrected chi connectivity index (χ2v) is 12.5. The number of nitrogens with zero attached hydrogens (tertiary/aromatic N) is 6. The summed E-state index contributed by atoms with van der Waals surface area (Å²) in [5.41, 5.74) is 4.19. The van der Waals surface area contributed by atoms with Gasteiger partial charge in [-0.1, -0.05) is 11.3 Å². The van der Waals surface area contributed by atoms with E-state index in [1.165, 1.54) is 16.8 Å². The molecule has 15 nitrogen and oxygen atoms in total. The number of carbonyl (C=O) groups excluding carboxylic acids is 1. The van der Waals surface area contributed by atoms with Crippen molar-refractivity contribution in [2.24, 2.45) is 0 Å². The molecular formula is C38H40N8O7. The maximum Gasteiger partial charge on any atom is 0.362 e. The number of hydrogen-bond acceptors (Lipinski definition) is 12. The van der Waals surface area contributed by atoms with Crippen molar-refractivity contribution in [3.05, 3.63) is 118 Å². The quantitative estimate of drug-likeness (QED) is 0.0920. The summed E-state index contributed by atoms with van der Waals surface area (Å²) in [5.74, 6) is 0.583. The Kier molecular flexibility index (Phi) is 11.4. The molecule has 53 heavy (non-hydrogen) atoms. The molecule has 0 fully saturated rings. The molecule has 0 aliphatic heterocycles. The van der Waals surface area contributed by atoms with Crippen LogP contribution in [0.25, 0.3) is 22.3 Å². The first kappa shape index (κ1) is 35.5. The van der Waals surface area contributed by atoms with E-state index < -0.39 is 5.63 Å². The number of aromatic hydroxyl groups is 1. The molecule has 0 bridgehead atoms. The lowest BCUT2D eigenvalue weighted by atomic mass is 9.92. The lowest BCUT2D eigenvalue weighted by Gasteiger charge is -2.24. The van der Waals surface area contributed by atoms with Gasteiger partial charge in [-0.15, -0.1) is 5.10 Å². The van der Waals surface area contributed by atoms with Crippen LogP contribution < -0.4 is 21.0 Å². The van der Waals surface area contributed by atoms with E-state index in [9.17, 15) is 14.7 Å². The minimum absolute atomic E-state index is 0.0248. The topological polar surface area (TPSA) is 181 Å². The number of ether oxygens (including phenoxy) is 3. The first-order valence-electron chi connectivity index (χ1n) is 17.6. The predicted octanol–water partition coefficient (Wildman–Crippen LogP) is 3.71. The van der Waals surface area contributed by atoms with Gasteiger partial charge in [0.25, 0.3) is 5.91 Å². The van der Waals surface area contributed by atoms with Crippen LogP contribution in [0.1, 0.15) is 46.3 Å². The lowest BCUT2D eigenvalue weighted by molar-refractivity contribution is 0.0373.